The monoisotopic (exact) mass is 314 g/mol. The van der Waals surface area contributed by atoms with Crippen molar-refractivity contribution < 1.29 is 23.4 Å². The molecule has 1 amide bonds. The number of ether oxygens (including phenoxy) is 1. The first-order valence-corrected chi connectivity index (χ1v) is 7.32. The maximum absolute atomic E-state index is 12.2. The summed E-state index contributed by atoms with van der Waals surface area (Å²) in [5.74, 6) is -0.184. The Labute approximate surface area is 127 Å². The molecular formula is C15H20F2N2O3. The Kier molecular flexibility index (Phi) is 5.65. The van der Waals surface area contributed by atoms with E-state index in [1.807, 2.05) is 0 Å². The van der Waals surface area contributed by atoms with Gasteiger partial charge in [-0.1, -0.05) is 18.9 Å². The highest BCUT2D eigenvalue weighted by Gasteiger charge is 2.33. The van der Waals surface area contributed by atoms with Crippen molar-refractivity contribution in [2.24, 2.45) is 0 Å². The fourth-order valence-corrected chi connectivity index (χ4v) is 2.60. The number of pyridine rings is 1. The zero-order valence-corrected chi connectivity index (χ0v) is 12.2. The molecule has 0 bridgehead atoms. The number of alkyl halides is 2. The maximum atomic E-state index is 12.2. The van der Waals surface area contributed by atoms with Gasteiger partial charge in [0, 0.05) is 18.3 Å². The molecule has 7 heteroatoms. The van der Waals surface area contributed by atoms with Gasteiger partial charge in [0.1, 0.15) is 0 Å². The Morgan fingerprint density at radius 2 is 2.18 bits per heavy atom. The SMILES string of the molecule is O=C(CC1(O)CCCC1)NCc1cccnc1OCC(F)F. The number of aliphatic hydroxyl groups is 1. The summed E-state index contributed by atoms with van der Waals surface area (Å²) in [4.78, 5) is 15.8. The number of halogens is 2. The van der Waals surface area contributed by atoms with Gasteiger partial charge in [-0.25, -0.2) is 13.8 Å². The summed E-state index contributed by atoms with van der Waals surface area (Å²) in [6.45, 7) is -0.612. The van der Waals surface area contributed by atoms with E-state index in [0.717, 1.165) is 12.8 Å². The van der Waals surface area contributed by atoms with Crippen molar-refractivity contribution in [3.63, 3.8) is 0 Å². The molecule has 1 aromatic rings. The highest BCUT2D eigenvalue weighted by Crippen LogP contribution is 2.32. The first-order chi connectivity index (χ1) is 10.5. The predicted molar refractivity (Wildman–Crippen MR) is 75.6 cm³/mol. The van der Waals surface area contributed by atoms with Crippen LogP contribution in [0.2, 0.25) is 0 Å². The van der Waals surface area contributed by atoms with Gasteiger partial charge in [0.25, 0.3) is 6.43 Å². The van der Waals surface area contributed by atoms with Crippen LogP contribution in [0.1, 0.15) is 37.7 Å². The Balaban J connectivity index is 1.86. The van der Waals surface area contributed by atoms with Crippen LogP contribution >= 0.6 is 0 Å². The summed E-state index contributed by atoms with van der Waals surface area (Å²) >= 11 is 0. The number of amides is 1. The van der Waals surface area contributed by atoms with E-state index in [4.69, 9.17) is 4.74 Å². The first-order valence-electron chi connectivity index (χ1n) is 7.32. The summed E-state index contributed by atoms with van der Waals surface area (Å²) in [6, 6.07) is 3.29. The second-order valence-electron chi connectivity index (χ2n) is 5.55. The van der Waals surface area contributed by atoms with E-state index in [0.29, 0.717) is 18.4 Å². The van der Waals surface area contributed by atoms with Gasteiger partial charge in [-0.15, -0.1) is 0 Å². The predicted octanol–water partition coefficient (Wildman–Crippen LogP) is 2.04. The molecule has 5 nitrogen and oxygen atoms in total. The van der Waals surface area contributed by atoms with Crippen LogP contribution in [0.15, 0.2) is 18.3 Å². The van der Waals surface area contributed by atoms with Gasteiger partial charge in [0.2, 0.25) is 11.8 Å². The molecule has 0 aromatic carbocycles. The lowest BCUT2D eigenvalue weighted by Gasteiger charge is -2.21. The number of nitrogens with zero attached hydrogens (tertiary/aromatic N) is 1. The molecule has 1 fully saturated rings. The second-order valence-corrected chi connectivity index (χ2v) is 5.55. The Hall–Kier alpha value is -1.76. The minimum absolute atomic E-state index is 0.0560. The van der Waals surface area contributed by atoms with Gasteiger partial charge in [-0.05, 0) is 18.9 Å². The Morgan fingerprint density at radius 1 is 1.45 bits per heavy atom. The molecule has 0 aliphatic heterocycles. The zero-order valence-electron chi connectivity index (χ0n) is 12.2. The molecule has 0 spiro atoms. The van der Waals surface area contributed by atoms with Crippen LogP contribution in [0.4, 0.5) is 8.78 Å². The van der Waals surface area contributed by atoms with Gasteiger partial charge in [0.15, 0.2) is 6.61 Å². The summed E-state index contributed by atoms with van der Waals surface area (Å²) < 4.78 is 29.3. The lowest BCUT2D eigenvalue weighted by Crippen LogP contribution is -2.34. The molecule has 0 unspecified atom stereocenters. The van der Waals surface area contributed by atoms with Gasteiger partial charge in [-0.3, -0.25) is 4.79 Å². The normalized spacial score (nSPS) is 16.7. The third-order valence-electron chi connectivity index (χ3n) is 3.70. The van der Waals surface area contributed by atoms with E-state index in [1.165, 1.54) is 6.20 Å². The van der Waals surface area contributed by atoms with Gasteiger partial charge in [-0.2, -0.15) is 0 Å². The lowest BCUT2D eigenvalue weighted by molar-refractivity contribution is -0.126. The lowest BCUT2D eigenvalue weighted by atomic mass is 9.98. The van der Waals surface area contributed by atoms with Crippen LogP contribution in [-0.4, -0.2) is 34.6 Å². The van der Waals surface area contributed by atoms with E-state index >= 15 is 0 Å². The van der Waals surface area contributed by atoms with E-state index in [1.54, 1.807) is 12.1 Å². The van der Waals surface area contributed by atoms with Crippen LogP contribution in [0, 0.1) is 0 Å². The molecule has 122 valence electrons. The number of rotatable bonds is 7. The van der Waals surface area contributed by atoms with Crippen molar-refractivity contribution in [1.82, 2.24) is 10.3 Å². The zero-order chi connectivity index (χ0) is 16.0. The summed E-state index contributed by atoms with van der Waals surface area (Å²) in [6.07, 6.45) is 2.04. The van der Waals surface area contributed by atoms with Crippen molar-refractivity contribution in [2.45, 2.75) is 50.7 Å². The minimum Gasteiger partial charge on any atom is -0.471 e. The highest BCUT2D eigenvalue weighted by atomic mass is 19.3. The number of hydrogen-bond acceptors (Lipinski definition) is 4. The first kappa shape index (κ1) is 16.6. The largest absolute Gasteiger partial charge is 0.471 e. The number of nitrogens with one attached hydrogen (secondary N) is 1. The quantitative estimate of drug-likeness (QED) is 0.808. The van der Waals surface area contributed by atoms with E-state index < -0.39 is 18.6 Å². The van der Waals surface area contributed by atoms with Gasteiger partial charge >= 0.3 is 0 Å². The van der Waals surface area contributed by atoms with Crippen molar-refractivity contribution in [1.29, 1.82) is 0 Å². The van der Waals surface area contributed by atoms with Crippen LogP contribution in [-0.2, 0) is 11.3 Å². The van der Waals surface area contributed by atoms with Crippen LogP contribution in [0.25, 0.3) is 0 Å². The Morgan fingerprint density at radius 3 is 2.86 bits per heavy atom. The number of carbonyl (C=O) groups excluding carboxylic acids is 1. The van der Waals surface area contributed by atoms with Crippen molar-refractivity contribution in [3.05, 3.63) is 23.9 Å². The topological polar surface area (TPSA) is 71.5 Å². The average Bonchev–Trinajstić information content (AvgIpc) is 2.90. The molecule has 1 aromatic heterocycles. The molecule has 1 heterocycles. The molecule has 1 aliphatic carbocycles. The van der Waals surface area contributed by atoms with E-state index in [9.17, 15) is 18.7 Å². The molecule has 1 aliphatic rings. The van der Waals surface area contributed by atoms with Crippen LogP contribution in [0.5, 0.6) is 5.88 Å². The maximum Gasteiger partial charge on any atom is 0.272 e. The Bertz CT molecular complexity index is 505. The fourth-order valence-electron chi connectivity index (χ4n) is 2.60. The van der Waals surface area contributed by atoms with Crippen LogP contribution in [0.3, 0.4) is 0 Å². The summed E-state index contributed by atoms with van der Waals surface area (Å²) in [5, 5.41) is 12.9. The molecule has 2 rings (SSSR count). The van der Waals surface area contributed by atoms with Crippen LogP contribution < -0.4 is 10.1 Å². The number of carbonyl (C=O) groups is 1. The summed E-state index contributed by atoms with van der Waals surface area (Å²) in [7, 11) is 0. The molecule has 22 heavy (non-hydrogen) atoms. The molecular weight excluding hydrogens is 294 g/mol. The third kappa shape index (κ3) is 4.91. The molecule has 1 saturated carbocycles. The van der Waals surface area contributed by atoms with E-state index in [2.05, 4.69) is 10.3 Å². The fraction of sp³-hybridized carbons (Fsp3) is 0.600. The van der Waals surface area contributed by atoms with Crippen molar-refractivity contribution >= 4 is 5.91 Å². The number of aromatic nitrogens is 1. The van der Waals surface area contributed by atoms with Gasteiger partial charge in [0.05, 0.1) is 12.0 Å². The standard InChI is InChI=1S/C15H20F2N2O3/c16-12(17)10-22-14-11(4-3-7-18-14)9-19-13(20)8-15(21)5-1-2-6-15/h3-4,7,12,21H,1-2,5-6,8-10H2,(H,19,20). The van der Waals surface area contributed by atoms with Crippen molar-refractivity contribution in [2.75, 3.05) is 6.61 Å². The molecule has 0 atom stereocenters. The second kappa shape index (κ2) is 7.49. The van der Waals surface area contributed by atoms with Crippen molar-refractivity contribution in [3.8, 4) is 5.88 Å². The average molecular weight is 314 g/mol. The molecule has 0 radical (unpaired) electrons. The molecule has 0 saturated heterocycles. The number of hydrogen-bond donors (Lipinski definition) is 2. The molecule has 2 N–H and O–H groups in total. The van der Waals surface area contributed by atoms with E-state index in [-0.39, 0.29) is 24.8 Å². The highest BCUT2D eigenvalue weighted by molar-refractivity contribution is 5.77. The minimum atomic E-state index is -2.58. The smallest absolute Gasteiger partial charge is 0.272 e. The summed E-state index contributed by atoms with van der Waals surface area (Å²) in [5.41, 5.74) is -0.386. The van der Waals surface area contributed by atoms with Gasteiger partial charge < -0.3 is 15.2 Å². The third-order valence-corrected chi connectivity index (χ3v) is 3.70.